The summed E-state index contributed by atoms with van der Waals surface area (Å²) in [5.41, 5.74) is 8.27. The standard InChI is InChI=1S/C23H27N5/c1-16-4-7-22(17(2)10-16)18-5-6-19-15-28(26-12-20(19)11-18)23-24-13-21(14-25-23)27-8-3-9-27/h4,7,10,12-14,18H,3,5-6,8-9,11,15H2,1-2H3. The molecule has 1 unspecified atom stereocenters. The molecule has 1 aromatic carbocycles. The predicted octanol–water partition coefficient (Wildman–Crippen LogP) is 4.37. The number of aryl methyl sites for hydroxylation is 2. The molecule has 2 aromatic rings. The second-order valence-corrected chi connectivity index (χ2v) is 8.31. The maximum Gasteiger partial charge on any atom is 0.246 e. The molecule has 1 atom stereocenters. The van der Waals surface area contributed by atoms with Crippen molar-refractivity contribution in [3.63, 3.8) is 0 Å². The van der Waals surface area contributed by atoms with Crippen LogP contribution in [0.2, 0.25) is 0 Å². The number of anilines is 2. The molecule has 2 aliphatic heterocycles. The first-order valence-corrected chi connectivity index (χ1v) is 10.3. The summed E-state index contributed by atoms with van der Waals surface area (Å²) in [6.45, 7) is 7.45. The van der Waals surface area contributed by atoms with Crippen molar-refractivity contribution < 1.29 is 0 Å². The van der Waals surface area contributed by atoms with Gasteiger partial charge in [-0.3, -0.25) is 0 Å². The summed E-state index contributed by atoms with van der Waals surface area (Å²) in [6, 6.07) is 6.86. The molecule has 0 saturated carbocycles. The first-order valence-electron chi connectivity index (χ1n) is 10.3. The van der Waals surface area contributed by atoms with Crippen molar-refractivity contribution in [3.05, 3.63) is 58.4 Å². The van der Waals surface area contributed by atoms with E-state index in [0.29, 0.717) is 11.9 Å². The fourth-order valence-electron chi connectivity index (χ4n) is 4.56. The van der Waals surface area contributed by atoms with Crippen LogP contribution in [0.4, 0.5) is 11.6 Å². The highest BCUT2D eigenvalue weighted by Gasteiger charge is 2.27. The third-order valence-corrected chi connectivity index (χ3v) is 6.35. The maximum atomic E-state index is 4.67. The average Bonchev–Trinajstić information content (AvgIpc) is 2.66. The molecule has 1 fully saturated rings. The van der Waals surface area contributed by atoms with Crippen LogP contribution in [0.3, 0.4) is 0 Å². The minimum Gasteiger partial charge on any atom is -0.369 e. The van der Waals surface area contributed by atoms with Gasteiger partial charge in [0.2, 0.25) is 5.95 Å². The molecular weight excluding hydrogens is 346 g/mol. The molecule has 0 radical (unpaired) electrons. The largest absolute Gasteiger partial charge is 0.369 e. The second kappa shape index (κ2) is 7.04. The first kappa shape index (κ1) is 17.4. The molecular formula is C23H27N5. The van der Waals surface area contributed by atoms with Gasteiger partial charge in [0, 0.05) is 13.1 Å². The Morgan fingerprint density at radius 1 is 1.07 bits per heavy atom. The fraction of sp³-hybridized carbons (Fsp3) is 0.435. The van der Waals surface area contributed by atoms with E-state index in [-0.39, 0.29) is 0 Å². The lowest BCUT2D eigenvalue weighted by Crippen LogP contribution is -2.37. The molecule has 0 N–H and O–H groups in total. The minimum absolute atomic E-state index is 0.601. The molecule has 1 aromatic heterocycles. The average molecular weight is 374 g/mol. The number of rotatable bonds is 3. The SMILES string of the molecule is Cc1ccc(C2CCC3=C(C=NN(c4ncc(N5CCC5)cn4)C3)C2)c(C)c1. The molecule has 28 heavy (non-hydrogen) atoms. The molecule has 3 aliphatic rings. The molecule has 5 heteroatoms. The Morgan fingerprint density at radius 2 is 1.89 bits per heavy atom. The second-order valence-electron chi connectivity index (χ2n) is 8.31. The molecule has 0 amide bonds. The lowest BCUT2D eigenvalue weighted by Gasteiger charge is -2.33. The van der Waals surface area contributed by atoms with Crippen LogP contribution in [-0.2, 0) is 0 Å². The zero-order chi connectivity index (χ0) is 19.1. The summed E-state index contributed by atoms with van der Waals surface area (Å²) in [5.74, 6) is 1.30. The maximum absolute atomic E-state index is 4.67. The molecule has 0 bridgehead atoms. The summed E-state index contributed by atoms with van der Waals surface area (Å²) < 4.78 is 0. The Bertz CT molecular complexity index is 940. The number of hydrogen-bond acceptors (Lipinski definition) is 5. The fourth-order valence-corrected chi connectivity index (χ4v) is 4.56. The zero-order valence-electron chi connectivity index (χ0n) is 16.7. The van der Waals surface area contributed by atoms with Crippen LogP contribution in [0.1, 0.15) is 48.3 Å². The van der Waals surface area contributed by atoms with Crippen molar-refractivity contribution in [2.75, 3.05) is 29.5 Å². The van der Waals surface area contributed by atoms with Gasteiger partial charge in [-0.1, -0.05) is 23.8 Å². The van der Waals surface area contributed by atoms with E-state index in [1.54, 1.807) is 0 Å². The first-order chi connectivity index (χ1) is 13.7. The molecule has 3 heterocycles. The topological polar surface area (TPSA) is 44.6 Å². The van der Waals surface area contributed by atoms with Crippen LogP contribution < -0.4 is 9.91 Å². The molecule has 1 saturated heterocycles. The summed E-state index contributed by atoms with van der Waals surface area (Å²) >= 11 is 0. The quantitative estimate of drug-likeness (QED) is 0.801. The highest BCUT2D eigenvalue weighted by molar-refractivity contribution is 5.82. The number of nitrogens with zero attached hydrogens (tertiary/aromatic N) is 5. The van der Waals surface area contributed by atoms with E-state index in [1.165, 1.54) is 40.7 Å². The molecule has 0 spiro atoms. The third kappa shape index (κ3) is 3.19. The number of hydrazone groups is 1. The Balaban J connectivity index is 1.29. The van der Waals surface area contributed by atoms with E-state index >= 15 is 0 Å². The van der Waals surface area contributed by atoms with Gasteiger partial charge in [0.1, 0.15) is 0 Å². The van der Waals surface area contributed by atoms with Gasteiger partial charge in [-0.15, -0.1) is 0 Å². The predicted molar refractivity (Wildman–Crippen MR) is 114 cm³/mol. The van der Waals surface area contributed by atoms with E-state index in [4.69, 9.17) is 0 Å². The Kier molecular flexibility index (Phi) is 4.38. The van der Waals surface area contributed by atoms with Crippen molar-refractivity contribution in [2.24, 2.45) is 5.10 Å². The van der Waals surface area contributed by atoms with Gasteiger partial charge in [-0.05, 0) is 67.7 Å². The summed E-state index contributed by atoms with van der Waals surface area (Å²) in [7, 11) is 0. The van der Waals surface area contributed by atoms with E-state index < -0.39 is 0 Å². The van der Waals surface area contributed by atoms with Gasteiger partial charge in [0.15, 0.2) is 0 Å². The van der Waals surface area contributed by atoms with Crippen LogP contribution in [-0.4, -0.2) is 35.8 Å². The molecule has 5 nitrogen and oxygen atoms in total. The number of hydrogen-bond donors (Lipinski definition) is 0. The summed E-state index contributed by atoms with van der Waals surface area (Å²) in [6.07, 6.45) is 10.6. The minimum atomic E-state index is 0.601. The van der Waals surface area contributed by atoms with Crippen LogP contribution in [0, 0.1) is 13.8 Å². The zero-order valence-corrected chi connectivity index (χ0v) is 16.7. The number of aromatic nitrogens is 2. The Hall–Kier alpha value is -2.69. The van der Waals surface area contributed by atoms with Crippen molar-refractivity contribution in [2.45, 2.75) is 45.4 Å². The van der Waals surface area contributed by atoms with Crippen molar-refractivity contribution in [3.8, 4) is 0 Å². The molecule has 144 valence electrons. The lowest BCUT2D eigenvalue weighted by molar-refractivity contribution is 0.572. The molecule has 5 rings (SSSR count). The normalized spacial score (nSPS) is 21.6. The molecule has 1 aliphatic carbocycles. The van der Waals surface area contributed by atoms with E-state index in [9.17, 15) is 0 Å². The lowest BCUT2D eigenvalue weighted by atomic mass is 9.78. The Morgan fingerprint density at radius 3 is 2.61 bits per heavy atom. The van der Waals surface area contributed by atoms with Crippen molar-refractivity contribution in [1.82, 2.24) is 9.97 Å². The number of allylic oxidation sites excluding steroid dienone is 1. The van der Waals surface area contributed by atoms with Gasteiger partial charge in [0.25, 0.3) is 0 Å². The third-order valence-electron chi connectivity index (χ3n) is 6.35. The van der Waals surface area contributed by atoms with Crippen LogP contribution >= 0.6 is 0 Å². The van der Waals surface area contributed by atoms with Crippen LogP contribution in [0.25, 0.3) is 0 Å². The van der Waals surface area contributed by atoms with Gasteiger partial charge >= 0.3 is 0 Å². The van der Waals surface area contributed by atoms with Crippen LogP contribution in [0.5, 0.6) is 0 Å². The van der Waals surface area contributed by atoms with Gasteiger partial charge < -0.3 is 4.90 Å². The Labute approximate surface area is 166 Å². The van der Waals surface area contributed by atoms with Crippen molar-refractivity contribution >= 4 is 17.9 Å². The van der Waals surface area contributed by atoms with Gasteiger partial charge in [-0.25, -0.2) is 15.0 Å². The monoisotopic (exact) mass is 373 g/mol. The van der Waals surface area contributed by atoms with E-state index in [0.717, 1.165) is 38.2 Å². The summed E-state index contributed by atoms with van der Waals surface area (Å²) in [5, 5.41) is 6.61. The van der Waals surface area contributed by atoms with E-state index in [2.05, 4.69) is 52.0 Å². The van der Waals surface area contributed by atoms with Gasteiger partial charge in [-0.2, -0.15) is 5.10 Å². The van der Waals surface area contributed by atoms with Crippen LogP contribution in [0.15, 0.2) is 46.8 Å². The van der Waals surface area contributed by atoms with Gasteiger partial charge in [0.05, 0.1) is 30.8 Å². The summed E-state index contributed by atoms with van der Waals surface area (Å²) in [4.78, 5) is 11.4. The highest BCUT2D eigenvalue weighted by Crippen LogP contribution is 2.39. The highest BCUT2D eigenvalue weighted by atomic mass is 15.5. The van der Waals surface area contributed by atoms with E-state index in [1.807, 2.05) is 23.6 Å². The smallest absolute Gasteiger partial charge is 0.246 e. The van der Waals surface area contributed by atoms with Crippen molar-refractivity contribution in [1.29, 1.82) is 0 Å². The number of benzene rings is 1.